The Hall–Kier alpha value is -1.79. The number of morpholine rings is 1. The molecule has 0 aromatic heterocycles. The Morgan fingerprint density at radius 1 is 0.939 bits per heavy atom. The van der Waals surface area contributed by atoms with Gasteiger partial charge in [0.15, 0.2) is 0 Å². The van der Waals surface area contributed by atoms with Crippen molar-refractivity contribution in [3.63, 3.8) is 0 Å². The van der Waals surface area contributed by atoms with Crippen LogP contribution in [0.2, 0.25) is 0 Å². The van der Waals surface area contributed by atoms with Gasteiger partial charge >= 0.3 is 0 Å². The Labute approximate surface area is 196 Å². The van der Waals surface area contributed by atoms with Gasteiger partial charge in [-0.2, -0.15) is 8.61 Å². The van der Waals surface area contributed by atoms with Gasteiger partial charge in [-0.25, -0.2) is 16.8 Å². The predicted octanol–water partition coefficient (Wildman–Crippen LogP) is 1.44. The van der Waals surface area contributed by atoms with Crippen molar-refractivity contribution < 1.29 is 26.4 Å². The van der Waals surface area contributed by atoms with E-state index < -0.39 is 30.9 Å². The van der Waals surface area contributed by atoms with E-state index in [1.165, 1.54) is 39.0 Å². The largest absolute Gasteiger partial charge is 0.379 e. The lowest BCUT2D eigenvalue weighted by atomic mass is 9.67. The first-order valence-electron chi connectivity index (χ1n) is 10.8. The molecule has 9 nitrogen and oxygen atoms in total. The Kier molecular flexibility index (Phi) is 7.12. The molecule has 1 aromatic carbocycles. The fraction of sp³-hybridized carbons (Fsp3) is 0.591. The zero-order valence-electron chi connectivity index (χ0n) is 19.6. The van der Waals surface area contributed by atoms with E-state index in [9.17, 15) is 21.6 Å². The maximum Gasteiger partial charge on any atom is 0.243 e. The predicted molar refractivity (Wildman–Crippen MR) is 124 cm³/mol. The van der Waals surface area contributed by atoms with Gasteiger partial charge in [-0.15, -0.1) is 0 Å². The summed E-state index contributed by atoms with van der Waals surface area (Å²) in [6, 6.07) is 5.10. The maximum atomic E-state index is 13.5. The molecule has 11 heteroatoms. The average Bonchev–Trinajstić information content (AvgIpc) is 2.76. The van der Waals surface area contributed by atoms with Gasteiger partial charge in [0.25, 0.3) is 0 Å². The Bertz CT molecular complexity index is 1090. The summed E-state index contributed by atoms with van der Waals surface area (Å²) in [4.78, 5) is 12.0. The second-order valence-electron chi connectivity index (χ2n) is 9.88. The van der Waals surface area contributed by atoms with Crippen molar-refractivity contribution in [2.24, 2.45) is 10.8 Å². The number of amides is 1. The zero-order chi connectivity index (χ0) is 24.7. The lowest BCUT2D eigenvalue weighted by molar-refractivity contribution is -0.120. The van der Waals surface area contributed by atoms with Crippen LogP contribution in [0.25, 0.3) is 0 Å². The normalized spacial score (nSPS) is 22.5. The van der Waals surface area contributed by atoms with Crippen LogP contribution in [0.1, 0.15) is 27.7 Å². The van der Waals surface area contributed by atoms with Crippen molar-refractivity contribution in [2.45, 2.75) is 43.5 Å². The second kappa shape index (κ2) is 9.10. The van der Waals surface area contributed by atoms with E-state index in [1.807, 2.05) is 27.7 Å². The second-order valence-corrected chi connectivity index (χ2v) is 13.8. The fourth-order valence-corrected chi connectivity index (χ4v) is 8.03. The summed E-state index contributed by atoms with van der Waals surface area (Å²) >= 11 is 0. The van der Waals surface area contributed by atoms with Crippen molar-refractivity contribution >= 4 is 26.0 Å². The maximum absolute atomic E-state index is 13.5. The van der Waals surface area contributed by atoms with Crippen LogP contribution in [-0.2, 0) is 29.6 Å². The van der Waals surface area contributed by atoms with E-state index in [0.29, 0.717) is 13.2 Å². The van der Waals surface area contributed by atoms with E-state index >= 15 is 0 Å². The summed E-state index contributed by atoms with van der Waals surface area (Å²) < 4.78 is 60.6. The summed E-state index contributed by atoms with van der Waals surface area (Å²) in [5, 5.41) is 2.96. The first kappa shape index (κ1) is 25.8. The molecular weight excluding hydrogens is 466 g/mol. The minimum absolute atomic E-state index is 0.0311. The number of hydrogen-bond acceptors (Lipinski definition) is 6. The summed E-state index contributed by atoms with van der Waals surface area (Å²) in [6.45, 7) is 12.8. The Balaban J connectivity index is 1.85. The highest BCUT2D eigenvalue weighted by molar-refractivity contribution is 7.89. The number of carbonyl (C=O) groups excluding carboxylic acids is 1. The number of nitrogens with zero attached hydrogens (tertiary/aromatic N) is 2. The number of piperidine rings is 1. The number of nitrogens with one attached hydrogen (secondary N) is 1. The van der Waals surface area contributed by atoms with Crippen LogP contribution < -0.4 is 5.32 Å². The third-order valence-corrected chi connectivity index (χ3v) is 9.99. The number of hydrogen-bond donors (Lipinski definition) is 1. The van der Waals surface area contributed by atoms with E-state index in [0.717, 1.165) is 0 Å². The summed E-state index contributed by atoms with van der Waals surface area (Å²) in [7, 11) is -7.59. The lowest BCUT2D eigenvalue weighted by Crippen LogP contribution is -2.64. The number of rotatable bonds is 6. The van der Waals surface area contributed by atoms with E-state index in [2.05, 4.69) is 11.9 Å². The van der Waals surface area contributed by atoms with Crippen molar-refractivity contribution in [1.29, 1.82) is 0 Å². The Morgan fingerprint density at radius 3 is 1.79 bits per heavy atom. The molecule has 0 atom stereocenters. The number of carbonyl (C=O) groups is 1. The van der Waals surface area contributed by atoms with Gasteiger partial charge in [-0.3, -0.25) is 4.79 Å². The molecule has 1 N–H and O–H groups in total. The third-order valence-electron chi connectivity index (χ3n) is 6.27. The van der Waals surface area contributed by atoms with Crippen molar-refractivity contribution in [3.8, 4) is 0 Å². The molecule has 33 heavy (non-hydrogen) atoms. The summed E-state index contributed by atoms with van der Waals surface area (Å²) in [5.41, 5.74) is -1.10. The number of benzene rings is 1. The quantitative estimate of drug-likeness (QED) is 0.593. The molecule has 0 bridgehead atoms. The van der Waals surface area contributed by atoms with Crippen LogP contribution >= 0.6 is 0 Å². The Morgan fingerprint density at radius 2 is 1.36 bits per heavy atom. The van der Waals surface area contributed by atoms with Gasteiger partial charge < -0.3 is 10.1 Å². The molecule has 0 radical (unpaired) electrons. The van der Waals surface area contributed by atoms with Gasteiger partial charge in [-0.05, 0) is 41.2 Å². The standard InChI is InChI=1S/C22H33N3O6S2/c1-6-19(26)23-20-21(2,3)15-25(16-22(20,4)5)33(29,30)18-9-7-17(8-10-18)32(27,28)24-11-13-31-14-12-24/h6-10,20H,1,11-16H2,2-5H3,(H,23,26). The van der Waals surface area contributed by atoms with E-state index in [4.69, 9.17) is 4.74 Å². The van der Waals surface area contributed by atoms with Gasteiger partial charge in [0.1, 0.15) is 0 Å². The van der Waals surface area contributed by atoms with Crippen LogP contribution in [-0.4, -0.2) is 76.8 Å². The van der Waals surface area contributed by atoms with Crippen LogP contribution in [0.15, 0.2) is 46.7 Å². The van der Waals surface area contributed by atoms with Crippen LogP contribution in [0, 0.1) is 10.8 Å². The number of sulfonamides is 2. The molecule has 2 heterocycles. The van der Waals surface area contributed by atoms with Crippen LogP contribution in [0.3, 0.4) is 0 Å². The van der Waals surface area contributed by atoms with Gasteiger partial charge in [0.05, 0.1) is 23.0 Å². The van der Waals surface area contributed by atoms with Crippen molar-refractivity contribution in [2.75, 3.05) is 39.4 Å². The van der Waals surface area contributed by atoms with Crippen LogP contribution in [0.4, 0.5) is 0 Å². The van der Waals surface area contributed by atoms with Crippen molar-refractivity contribution in [1.82, 2.24) is 13.9 Å². The summed E-state index contributed by atoms with van der Waals surface area (Å²) in [6.07, 6.45) is 1.21. The first-order valence-corrected chi connectivity index (χ1v) is 13.7. The van der Waals surface area contributed by atoms with E-state index in [-0.39, 0.29) is 47.9 Å². The van der Waals surface area contributed by atoms with Gasteiger partial charge in [0.2, 0.25) is 26.0 Å². The highest BCUT2D eigenvalue weighted by Gasteiger charge is 2.50. The molecule has 0 aliphatic carbocycles. The minimum atomic E-state index is -3.88. The molecule has 2 fully saturated rings. The SMILES string of the molecule is C=CC(=O)NC1C(C)(C)CN(S(=O)(=O)c2ccc(S(=O)(=O)N3CCOCC3)cc2)CC1(C)C. The molecule has 3 rings (SSSR count). The highest BCUT2D eigenvalue weighted by Crippen LogP contribution is 2.42. The molecule has 1 amide bonds. The zero-order valence-corrected chi connectivity index (χ0v) is 21.2. The molecule has 2 aliphatic heterocycles. The fourth-order valence-electron chi connectivity index (χ4n) is 4.84. The smallest absolute Gasteiger partial charge is 0.243 e. The molecule has 0 spiro atoms. The lowest BCUT2D eigenvalue weighted by Gasteiger charge is -2.52. The molecule has 184 valence electrons. The molecule has 0 saturated carbocycles. The number of ether oxygens (including phenoxy) is 1. The van der Waals surface area contributed by atoms with Gasteiger partial charge in [-0.1, -0.05) is 34.3 Å². The van der Waals surface area contributed by atoms with Crippen molar-refractivity contribution in [3.05, 3.63) is 36.9 Å². The molecule has 0 unspecified atom stereocenters. The first-order chi connectivity index (χ1) is 15.2. The minimum Gasteiger partial charge on any atom is -0.379 e. The molecule has 2 saturated heterocycles. The van der Waals surface area contributed by atoms with E-state index in [1.54, 1.807) is 0 Å². The summed E-state index contributed by atoms with van der Waals surface area (Å²) in [5.74, 6) is -0.297. The molecule has 2 aliphatic rings. The van der Waals surface area contributed by atoms with Gasteiger partial charge in [0, 0.05) is 32.2 Å². The monoisotopic (exact) mass is 499 g/mol. The molecular formula is C22H33N3O6S2. The topological polar surface area (TPSA) is 113 Å². The average molecular weight is 500 g/mol. The van der Waals surface area contributed by atoms with Crippen LogP contribution in [0.5, 0.6) is 0 Å². The highest BCUT2D eigenvalue weighted by atomic mass is 32.2. The molecule has 1 aromatic rings. The third kappa shape index (κ3) is 5.17.